The van der Waals surface area contributed by atoms with Crippen molar-refractivity contribution in [3.05, 3.63) is 41.9 Å². The van der Waals surface area contributed by atoms with Crippen molar-refractivity contribution in [1.29, 1.82) is 0 Å². The second-order valence-electron chi connectivity index (χ2n) is 5.61. The summed E-state index contributed by atoms with van der Waals surface area (Å²) in [6.45, 7) is 2.32. The Labute approximate surface area is 144 Å². The van der Waals surface area contributed by atoms with Gasteiger partial charge in [0.15, 0.2) is 6.61 Å². The Kier molecular flexibility index (Phi) is 4.71. The summed E-state index contributed by atoms with van der Waals surface area (Å²) < 4.78 is 7.24. The minimum atomic E-state index is -0.276. The number of ether oxygens (including phenoxy) is 1. The fourth-order valence-corrected chi connectivity index (χ4v) is 2.74. The van der Waals surface area contributed by atoms with Crippen molar-refractivity contribution in [1.82, 2.24) is 14.9 Å². The average molecular weight is 349 g/mol. The minimum Gasteiger partial charge on any atom is -0.482 e. The normalized spacial score (nSPS) is 14.8. The lowest BCUT2D eigenvalue weighted by Crippen LogP contribution is -2.47. The first kappa shape index (κ1) is 16.3. The Bertz CT molecular complexity index is 748. The monoisotopic (exact) mass is 348 g/mol. The predicted octanol–water partition coefficient (Wildman–Crippen LogP) is 1.47. The summed E-state index contributed by atoms with van der Waals surface area (Å²) in [6.07, 6.45) is 5.19. The molecule has 1 N–H and O–H groups in total. The number of halogens is 1. The number of carbonyl (C=O) groups is 2. The van der Waals surface area contributed by atoms with Gasteiger partial charge < -0.3 is 14.6 Å². The molecule has 7 nitrogen and oxygen atoms in total. The number of aromatic nitrogens is 2. The zero-order chi connectivity index (χ0) is 17.1. The summed E-state index contributed by atoms with van der Waals surface area (Å²) in [4.78, 5) is 29.8. The van der Waals surface area contributed by atoms with Crippen LogP contribution in [0.25, 0.3) is 0 Å². The lowest BCUT2D eigenvalue weighted by Gasteiger charge is -2.29. The van der Waals surface area contributed by atoms with Crippen molar-refractivity contribution in [2.75, 3.05) is 18.1 Å². The summed E-state index contributed by atoms with van der Waals surface area (Å²) in [7, 11) is 0. The second-order valence-corrected chi connectivity index (χ2v) is 6.05. The van der Waals surface area contributed by atoms with Crippen molar-refractivity contribution >= 4 is 29.1 Å². The number of rotatable bonds is 5. The summed E-state index contributed by atoms with van der Waals surface area (Å²) in [5, 5.41) is 3.35. The first-order chi connectivity index (χ1) is 11.5. The van der Waals surface area contributed by atoms with Crippen LogP contribution in [0.4, 0.5) is 5.69 Å². The number of nitrogens with zero attached hydrogens (tertiary/aromatic N) is 3. The van der Waals surface area contributed by atoms with E-state index >= 15 is 0 Å². The molecule has 1 aromatic heterocycles. The Morgan fingerprint density at radius 2 is 2.33 bits per heavy atom. The number of imidazole rings is 1. The van der Waals surface area contributed by atoms with E-state index in [-0.39, 0.29) is 31.0 Å². The van der Waals surface area contributed by atoms with Gasteiger partial charge >= 0.3 is 0 Å². The van der Waals surface area contributed by atoms with Crippen LogP contribution in [-0.2, 0) is 16.1 Å². The van der Waals surface area contributed by atoms with Gasteiger partial charge in [0.25, 0.3) is 5.91 Å². The Morgan fingerprint density at radius 3 is 3.08 bits per heavy atom. The standard InChI is InChI=1S/C16H17ClN4O3/c1-11(7-20-5-4-18-10-20)19-15(22)8-21-13-6-12(17)2-3-14(13)24-9-16(21)23/h2-6,10-11H,7-9H2,1H3,(H,19,22)/t11-/m0/s1. The molecule has 0 radical (unpaired) electrons. The summed E-state index contributed by atoms with van der Waals surface area (Å²) in [5.41, 5.74) is 0.510. The van der Waals surface area contributed by atoms with Crippen LogP contribution in [0.3, 0.4) is 0 Å². The van der Waals surface area contributed by atoms with Crippen LogP contribution >= 0.6 is 11.6 Å². The molecule has 0 bridgehead atoms. The van der Waals surface area contributed by atoms with Crippen LogP contribution in [0.5, 0.6) is 5.75 Å². The molecule has 2 heterocycles. The molecule has 24 heavy (non-hydrogen) atoms. The maximum absolute atomic E-state index is 12.3. The topological polar surface area (TPSA) is 76.5 Å². The molecule has 1 aliphatic heterocycles. The number of amides is 2. The van der Waals surface area contributed by atoms with Gasteiger partial charge in [0, 0.05) is 30.0 Å². The quantitative estimate of drug-likeness (QED) is 0.887. The highest BCUT2D eigenvalue weighted by Gasteiger charge is 2.27. The van der Waals surface area contributed by atoms with E-state index in [0.29, 0.717) is 23.0 Å². The summed E-state index contributed by atoms with van der Waals surface area (Å²) in [5.74, 6) is 0.0178. The van der Waals surface area contributed by atoms with E-state index in [1.165, 1.54) is 4.90 Å². The van der Waals surface area contributed by atoms with E-state index in [4.69, 9.17) is 16.3 Å². The summed E-state index contributed by atoms with van der Waals surface area (Å²) in [6, 6.07) is 4.90. The molecule has 2 aromatic rings. The first-order valence-electron chi connectivity index (χ1n) is 7.51. The van der Waals surface area contributed by atoms with Gasteiger partial charge in [-0.1, -0.05) is 11.6 Å². The molecule has 1 aromatic carbocycles. The SMILES string of the molecule is C[C@@H](Cn1ccnc1)NC(=O)CN1C(=O)COc2ccc(Cl)cc21. The molecule has 0 spiro atoms. The maximum Gasteiger partial charge on any atom is 0.265 e. The highest BCUT2D eigenvalue weighted by molar-refractivity contribution is 6.31. The molecule has 0 unspecified atom stereocenters. The van der Waals surface area contributed by atoms with Gasteiger partial charge in [-0.05, 0) is 25.1 Å². The van der Waals surface area contributed by atoms with Crippen molar-refractivity contribution < 1.29 is 14.3 Å². The third-order valence-electron chi connectivity index (χ3n) is 3.62. The molecular formula is C16H17ClN4O3. The number of carbonyl (C=O) groups excluding carboxylic acids is 2. The Hall–Kier alpha value is -2.54. The third kappa shape index (κ3) is 3.68. The van der Waals surface area contributed by atoms with Crippen LogP contribution < -0.4 is 15.0 Å². The number of hydrogen-bond acceptors (Lipinski definition) is 4. The van der Waals surface area contributed by atoms with Crippen molar-refractivity contribution in [2.45, 2.75) is 19.5 Å². The molecular weight excluding hydrogens is 332 g/mol. The van der Waals surface area contributed by atoms with Crippen molar-refractivity contribution in [3.63, 3.8) is 0 Å². The molecule has 1 aliphatic rings. The molecule has 0 fully saturated rings. The van der Waals surface area contributed by atoms with E-state index in [1.54, 1.807) is 30.7 Å². The number of nitrogens with one attached hydrogen (secondary N) is 1. The van der Waals surface area contributed by atoms with E-state index < -0.39 is 0 Å². The van der Waals surface area contributed by atoms with Crippen molar-refractivity contribution in [3.8, 4) is 5.75 Å². The highest BCUT2D eigenvalue weighted by atomic mass is 35.5. The predicted molar refractivity (Wildman–Crippen MR) is 89.1 cm³/mol. The van der Waals surface area contributed by atoms with Crippen LogP contribution in [0.15, 0.2) is 36.9 Å². The molecule has 3 rings (SSSR count). The lowest BCUT2D eigenvalue weighted by atomic mass is 10.2. The van der Waals surface area contributed by atoms with Gasteiger partial charge in [-0.25, -0.2) is 4.98 Å². The summed E-state index contributed by atoms with van der Waals surface area (Å²) >= 11 is 5.99. The van der Waals surface area contributed by atoms with Gasteiger partial charge in [-0.3, -0.25) is 14.5 Å². The zero-order valence-corrected chi connectivity index (χ0v) is 13.9. The lowest BCUT2D eigenvalue weighted by molar-refractivity contribution is -0.125. The second kappa shape index (κ2) is 6.92. The van der Waals surface area contributed by atoms with Gasteiger partial charge in [0.1, 0.15) is 12.3 Å². The van der Waals surface area contributed by atoms with Crippen LogP contribution in [-0.4, -0.2) is 40.6 Å². The van der Waals surface area contributed by atoms with Gasteiger partial charge in [-0.2, -0.15) is 0 Å². The molecule has 0 saturated carbocycles. The number of hydrogen-bond donors (Lipinski definition) is 1. The van der Waals surface area contributed by atoms with E-state index in [1.807, 2.05) is 17.7 Å². The minimum absolute atomic E-state index is 0.0796. The Morgan fingerprint density at radius 1 is 1.50 bits per heavy atom. The molecule has 0 saturated heterocycles. The first-order valence-corrected chi connectivity index (χ1v) is 7.88. The van der Waals surface area contributed by atoms with Crippen LogP contribution in [0.2, 0.25) is 5.02 Å². The van der Waals surface area contributed by atoms with Gasteiger partial charge in [0.2, 0.25) is 5.91 Å². The van der Waals surface area contributed by atoms with Crippen LogP contribution in [0, 0.1) is 0 Å². The van der Waals surface area contributed by atoms with E-state index in [0.717, 1.165) is 0 Å². The average Bonchev–Trinajstić information content (AvgIpc) is 3.03. The highest BCUT2D eigenvalue weighted by Crippen LogP contribution is 2.34. The largest absolute Gasteiger partial charge is 0.482 e. The number of fused-ring (bicyclic) bond motifs is 1. The molecule has 8 heteroatoms. The number of benzene rings is 1. The van der Waals surface area contributed by atoms with E-state index in [2.05, 4.69) is 10.3 Å². The maximum atomic E-state index is 12.3. The molecule has 126 valence electrons. The fourth-order valence-electron chi connectivity index (χ4n) is 2.57. The molecule has 2 amide bonds. The number of anilines is 1. The Balaban J connectivity index is 1.65. The van der Waals surface area contributed by atoms with E-state index in [9.17, 15) is 9.59 Å². The molecule has 0 aliphatic carbocycles. The van der Waals surface area contributed by atoms with Gasteiger partial charge in [-0.15, -0.1) is 0 Å². The smallest absolute Gasteiger partial charge is 0.265 e. The van der Waals surface area contributed by atoms with Crippen molar-refractivity contribution in [2.24, 2.45) is 0 Å². The fraction of sp³-hybridized carbons (Fsp3) is 0.312. The van der Waals surface area contributed by atoms with Gasteiger partial charge in [0.05, 0.1) is 12.0 Å². The zero-order valence-electron chi connectivity index (χ0n) is 13.1. The van der Waals surface area contributed by atoms with Crippen LogP contribution in [0.1, 0.15) is 6.92 Å². The third-order valence-corrected chi connectivity index (χ3v) is 3.85. The molecule has 1 atom stereocenters.